The van der Waals surface area contributed by atoms with Gasteiger partial charge in [-0.3, -0.25) is 0 Å². The van der Waals surface area contributed by atoms with Gasteiger partial charge in [-0.2, -0.15) is 0 Å². The molecule has 0 aliphatic heterocycles. The molecule has 0 fully saturated rings. The van der Waals surface area contributed by atoms with Gasteiger partial charge < -0.3 is 9.32 Å². The molecule has 0 bridgehead atoms. The summed E-state index contributed by atoms with van der Waals surface area (Å²) in [7, 11) is 0. The summed E-state index contributed by atoms with van der Waals surface area (Å²) in [6.07, 6.45) is 0. The zero-order valence-electron chi connectivity index (χ0n) is 34.3. The van der Waals surface area contributed by atoms with E-state index >= 15 is 0 Å². The van der Waals surface area contributed by atoms with Crippen molar-refractivity contribution in [1.82, 2.24) is 0 Å². The maximum Gasteiger partial charge on any atom is 0.143 e. The van der Waals surface area contributed by atoms with E-state index in [1.54, 1.807) is 0 Å². The van der Waals surface area contributed by atoms with Crippen LogP contribution in [-0.2, 0) is 10.8 Å². The number of anilines is 3. The minimum Gasteiger partial charge on any atom is -0.455 e. The summed E-state index contributed by atoms with van der Waals surface area (Å²) in [6.45, 7) is 9.47. The lowest BCUT2D eigenvalue weighted by molar-refractivity contribution is 0.660. The molecule has 1 heterocycles. The van der Waals surface area contributed by atoms with Crippen molar-refractivity contribution in [2.75, 3.05) is 4.90 Å². The predicted molar refractivity (Wildman–Crippen MR) is 252 cm³/mol. The van der Waals surface area contributed by atoms with Crippen LogP contribution in [0, 0.1) is 0 Å². The predicted octanol–water partition coefficient (Wildman–Crippen LogP) is 16.2. The minimum atomic E-state index is -0.141. The fraction of sp³-hybridized carbons (Fsp3) is 0.103. The number of benzene rings is 9. The maximum atomic E-state index is 6.81. The second-order valence-electron chi connectivity index (χ2n) is 17.7. The highest BCUT2D eigenvalue weighted by atomic mass is 16.3. The Morgan fingerprint density at radius 1 is 0.350 bits per heavy atom. The third-order valence-corrected chi connectivity index (χ3v) is 13.7. The van der Waals surface area contributed by atoms with Gasteiger partial charge >= 0.3 is 0 Å². The van der Waals surface area contributed by atoms with E-state index in [9.17, 15) is 0 Å². The molecule has 60 heavy (non-hydrogen) atoms. The van der Waals surface area contributed by atoms with Crippen LogP contribution < -0.4 is 4.90 Å². The fourth-order valence-electron chi connectivity index (χ4n) is 10.5. The van der Waals surface area contributed by atoms with Crippen LogP contribution in [0.5, 0.6) is 0 Å². The molecule has 0 radical (unpaired) electrons. The monoisotopic (exact) mass is 769 g/mol. The molecule has 1 aromatic heterocycles. The first-order valence-corrected chi connectivity index (χ1v) is 21.1. The standard InChI is InChI=1S/C58H43NO/c1-57(2)50-20-12-10-16-42(50)44-29-27-40(33-52(44)57)59(41-28-30-45-43-17-11-13-21-51(43)58(3,4)53(45)34-41)54-35-49-48-32-39(38-24-22-37(23-25-38)36-14-6-5-7-15-36)26-31-55(48)60-56(49)47-19-9-8-18-46(47)54/h5-35H,1-4H3. The Bertz CT molecular complexity index is 3260. The van der Waals surface area contributed by atoms with Gasteiger partial charge in [0.2, 0.25) is 0 Å². The number of fused-ring (bicyclic) bond motifs is 11. The lowest BCUT2D eigenvalue weighted by Gasteiger charge is -2.30. The third-order valence-electron chi connectivity index (χ3n) is 13.7. The highest BCUT2D eigenvalue weighted by Gasteiger charge is 2.38. The fourth-order valence-corrected chi connectivity index (χ4v) is 10.5. The van der Waals surface area contributed by atoms with Crippen molar-refractivity contribution in [3.63, 3.8) is 0 Å². The highest BCUT2D eigenvalue weighted by Crippen LogP contribution is 2.54. The molecule has 2 nitrogen and oxygen atoms in total. The van der Waals surface area contributed by atoms with Crippen molar-refractivity contribution in [3.8, 4) is 44.5 Å². The first-order valence-electron chi connectivity index (χ1n) is 21.1. The van der Waals surface area contributed by atoms with Crippen LogP contribution in [0.4, 0.5) is 17.1 Å². The summed E-state index contributed by atoms with van der Waals surface area (Å²) in [5.41, 5.74) is 20.4. The van der Waals surface area contributed by atoms with Gasteiger partial charge in [0.15, 0.2) is 0 Å². The quantitative estimate of drug-likeness (QED) is 0.173. The third kappa shape index (κ3) is 5.01. The lowest BCUT2D eigenvalue weighted by Crippen LogP contribution is -2.18. The molecule has 0 spiro atoms. The molecule has 2 aliphatic rings. The normalized spacial score (nSPS) is 14.3. The van der Waals surface area contributed by atoms with Gasteiger partial charge in [-0.15, -0.1) is 0 Å². The van der Waals surface area contributed by atoms with Gasteiger partial charge in [0.25, 0.3) is 0 Å². The van der Waals surface area contributed by atoms with Gasteiger partial charge in [-0.25, -0.2) is 0 Å². The van der Waals surface area contributed by atoms with Crippen LogP contribution in [0.3, 0.4) is 0 Å². The number of nitrogens with zero attached hydrogens (tertiary/aromatic N) is 1. The van der Waals surface area contributed by atoms with Crippen molar-refractivity contribution in [2.24, 2.45) is 0 Å². The highest BCUT2D eigenvalue weighted by molar-refractivity contribution is 6.20. The van der Waals surface area contributed by atoms with Crippen molar-refractivity contribution < 1.29 is 4.42 Å². The summed E-state index contributed by atoms with van der Waals surface area (Å²) in [5.74, 6) is 0. The minimum absolute atomic E-state index is 0.141. The molecule has 0 amide bonds. The van der Waals surface area contributed by atoms with E-state index in [1.807, 2.05) is 0 Å². The average Bonchev–Trinajstić information content (AvgIpc) is 3.86. The molecule has 0 unspecified atom stereocenters. The van der Waals surface area contributed by atoms with Crippen molar-refractivity contribution in [3.05, 3.63) is 210 Å². The smallest absolute Gasteiger partial charge is 0.143 e. The molecule has 0 N–H and O–H groups in total. The molecule has 286 valence electrons. The number of rotatable bonds is 5. The van der Waals surface area contributed by atoms with Crippen LogP contribution in [0.1, 0.15) is 49.9 Å². The Labute approximate surface area is 351 Å². The largest absolute Gasteiger partial charge is 0.455 e. The van der Waals surface area contributed by atoms with E-state index in [-0.39, 0.29) is 10.8 Å². The molecule has 2 aliphatic carbocycles. The molecule has 0 atom stereocenters. The molecule has 9 aromatic carbocycles. The van der Waals surface area contributed by atoms with Crippen LogP contribution in [-0.4, -0.2) is 0 Å². The van der Waals surface area contributed by atoms with Crippen molar-refractivity contribution in [2.45, 2.75) is 38.5 Å². The molecule has 0 saturated heterocycles. The van der Waals surface area contributed by atoms with Crippen LogP contribution in [0.15, 0.2) is 192 Å². The topological polar surface area (TPSA) is 16.4 Å². The molecule has 2 heteroatoms. The van der Waals surface area contributed by atoms with Gasteiger partial charge in [0.1, 0.15) is 11.2 Å². The lowest BCUT2D eigenvalue weighted by atomic mass is 9.82. The van der Waals surface area contributed by atoms with E-state index in [0.29, 0.717) is 0 Å². The summed E-state index contributed by atoms with van der Waals surface area (Å²) in [6, 6.07) is 69.3. The summed E-state index contributed by atoms with van der Waals surface area (Å²) < 4.78 is 6.81. The van der Waals surface area contributed by atoms with E-state index < -0.39 is 0 Å². The Morgan fingerprint density at radius 2 is 0.833 bits per heavy atom. The Hall–Kier alpha value is -7.16. The molecule has 10 aromatic rings. The van der Waals surface area contributed by atoms with Crippen LogP contribution in [0.2, 0.25) is 0 Å². The van der Waals surface area contributed by atoms with E-state index in [4.69, 9.17) is 4.42 Å². The van der Waals surface area contributed by atoms with Gasteiger partial charge in [0.05, 0.1) is 5.69 Å². The number of furan rings is 1. The SMILES string of the molecule is CC1(C)c2ccccc2-c2ccc(N(c3ccc4c(c3)C(C)(C)c3ccccc3-4)c3cc4c5cc(-c6ccc(-c7ccccc7)cc6)ccc5oc4c4ccccc34)cc21. The second kappa shape index (κ2) is 12.7. The van der Waals surface area contributed by atoms with Crippen molar-refractivity contribution in [1.29, 1.82) is 0 Å². The van der Waals surface area contributed by atoms with Crippen molar-refractivity contribution >= 4 is 49.8 Å². The van der Waals surface area contributed by atoms with Gasteiger partial charge in [-0.05, 0) is 109 Å². The van der Waals surface area contributed by atoms with Gasteiger partial charge in [-0.1, -0.05) is 173 Å². The first-order chi connectivity index (χ1) is 29.3. The molecule has 12 rings (SSSR count). The summed E-state index contributed by atoms with van der Waals surface area (Å²) in [5, 5.41) is 4.46. The average molecular weight is 770 g/mol. The molecular formula is C58H43NO. The maximum absolute atomic E-state index is 6.81. The Balaban J connectivity index is 1.08. The summed E-state index contributed by atoms with van der Waals surface area (Å²) in [4.78, 5) is 2.51. The number of hydrogen-bond donors (Lipinski definition) is 0. The van der Waals surface area contributed by atoms with Gasteiger partial charge in [0, 0.05) is 43.7 Å². The van der Waals surface area contributed by atoms with E-state index in [2.05, 4.69) is 221 Å². The number of hydrogen-bond acceptors (Lipinski definition) is 2. The van der Waals surface area contributed by atoms with E-state index in [1.165, 1.54) is 61.2 Å². The zero-order chi connectivity index (χ0) is 40.3. The molecule has 0 saturated carbocycles. The molecular weight excluding hydrogens is 727 g/mol. The van der Waals surface area contributed by atoms with Crippen LogP contribution in [0.25, 0.3) is 77.2 Å². The second-order valence-corrected chi connectivity index (χ2v) is 17.7. The first kappa shape index (κ1) is 34.8. The Kier molecular flexibility index (Phi) is 7.36. The summed E-state index contributed by atoms with van der Waals surface area (Å²) >= 11 is 0. The van der Waals surface area contributed by atoms with E-state index in [0.717, 1.165) is 55.3 Å². The van der Waals surface area contributed by atoms with Crippen LogP contribution >= 0.6 is 0 Å². The zero-order valence-corrected chi connectivity index (χ0v) is 34.3. The Morgan fingerprint density at radius 3 is 1.45 bits per heavy atom.